The fourth-order valence-electron chi connectivity index (χ4n) is 4.01. The molecule has 1 aliphatic heterocycles. The number of nitrogens with one attached hydrogen (secondary N) is 2. The van der Waals surface area contributed by atoms with Crippen molar-refractivity contribution in [3.63, 3.8) is 0 Å². The average Bonchev–Trinajstić information content (AvgIpc) is 3.23. The first-order valence-corrected chi connectivity index (χ1v) is 10.5. The Bertz CT molecular complexity index is 1160. The van der Waals surface area contributed by atoms with E-state index in [-0.39, 0.29) is 5.91 Å². The summed E-state index contributed by atoms with van der Waals surface area (Å²) >= 11 is 0. The van der Waals surface area contributed by atoms with Gasteiger partial charge in [-0.25, -0.2) is 9.97 Å². The van der Waals surface area contributed by atoms with Crippen LogP contribution in [0.3, 0.4) is 0 Å². The predicted octanol–water partition coefficient (Wildman–Crippen LogP) is 3.47. The van der Waals surface area contributed by atoms with Crippen molar-refractivity contribution in [2.45, 2.75) is 6.42 Å². The normalized spacial score (nSPS) is 14.1. The van der Waals surface area contributed by atoms with Gasteiger partial charge in [-0.15, -0.1) is 0 Å². The maximum absolute atomic E-state index is 12.5. The second-order valence-electron chi connectivity index (χ2n) is 7.67. The summed E-state index contributed by atoms with van der Waals surface area (Å²) in [7, 11) is 0. The number of hydrogen-bond donors (Lipinski definition) is 2. The van der Waals surface area contributed by atoms with Gasteiger partial charge in [-0.2, -0.15) is 0 Å². The van der Waals surface area contributed by atoms with Gasteiger partial charge in [0, 0.05) is 49.0 Å². The molecule has 0 radical (unpaired) electrons. The summed E-state index contributed by atoms with van der Waals surface area (Å²) < 4.78 is 0. The van der Waals surface area contributed by atoms with Crippen molar-refractivity contribution in [3.8, 4) is 0 Å². The van der Waals surface area contributed by atoms with E-state index < -0.39 is 0 Å². The van der Waals surface area contributed by atoms with Gasteiger partial charge in [0.25, 0.3) is 0 Å². The molecule has 0 aliphatic carbocycles. The van der Waals surface area contributed by atoms with Crippen molar-refractivity contribution < 1.29 is 4.79 Å². The molecule has 4 aromatic rings. The SMILES string of the molecule is O=C(Cc1c[nH]c2ccccc12)Nc1cnc(N2CCN(c3ccccc3)CC2)nc1. The largest absolute Gasteiger partial charge is 0.368 e. The minimum atomic E-state index is -0.0856. The molecule has 1 amide bonds. The standard InChI is InChI=1S/C24H24N6O/c31-23(14-18-15-25-22-9-5-4-8-21(18)22)28-19-16-26-24(27-17-19)30-12-10-29(11-13-30)20-6-2-1-3-7-20/h1-9,15-17,25H,10-14H2,(H,28,31). The van der Waals surface area contributed by atoms with E-state index in [4.69, 9.17) is 0 Å². The molecule has 0 atom stereocenters. The molecule has 1 saturated heterocycles. The number of carbonyl (C=O) groups is 1. The molecule has 1 aliphatic rings. The van der Waals surface area contributed by atoms with E-state index in [1.165, 1.54) is 5.69 Å². The highest BCUT2D eigenvalue weighted by molar-refractivity contribution is 5.95. The van der Waals surface area contributed by atoms with Gasteiger partial charge in [0.2, 0.25) is 11.9 Å². The van der Waals surface area contributed by atoms with Crippen molar-refractivity contribution in [2.24, 2.45) is 0 Å². The molecule has 5 rings (SSSR count). The number of para-hydroxylation sites is 2. The third kappa shape index (κ3) is 4.21. The molecule has 2 aromatic carbocycles. The summed E-state index contributed by atoms with van der Waals surface area (Å²) in [5.74, 6) is 0.611. The third-order valence-corrected chi connectivity index (χ3v) is 5.63. The lowest BCUT2D eigenvalue weighted by Crippen LogP contribution is -2.47. The highest BCUT2D eigenvalue weighted by Crippen LogP contribution is 2.20. The van der Waals surface area contributed by atoms with Crippen LogP contribution in [0.2, 0.25) is 0 Å². The van der Waals surface area contributed by atoms with Crippen molar-refractivity contribution in [1.82, 2.24) is 15.0 Å². The molecule has 1 fully saturated rings. The summed E-state index contributed by atoms with van der Waals surface area (Å²) in [5, 5.41) is 3.97. The summed E-state index contributed by atoms with van der Waals surface area (Å²) in [6.45, 7) is 3.58. The van der Waals surface area contributed by atoms with E-state index in [0.717, 1.165) is 42.6 Å². The van der Waals surface area contributed by atoms with Gasteiger partial charge in [0.05, 0.1) is 24.5 Å². The molecule has 0 spiro atoms. The van der Waals surface area contributed by atoms with Crippen LogP contribution in [-0.4, -0.2) is 47.0 Å². The van der Waals surface area contributed by atoms with E-state index in [9.17, 15) is 4.79 Å². The van der Waals surface area contributed by atoms with Crippen LogP contribution in [0.1, 0.15) is 5.56 Å². The molecule has 156 valence electrons. The molecule has 0 saturated carbocycles. The summed E-state index contributed by atoms with van der Waals surface area (Å²) in [5.41, 5.74) is 3.86. The Kier molecular flexibility index (Phi) is 5.22. The van der Waals surface area contributed by atoms with Crippen LogP contribution in [0.5, 0.6) is 0 Å². The van der Waals surface area contributed by atoms with Crippen LogP contribution in [0.4, 0.5) is 17.3 Å². The monoisotopic (exact) mass is 412 g/mol. The lowest BCUT2D eigenvalue weighted by atomic mass is 10.1. The first-order chi connectivity index (χ1) is 15.3. The molecular formula is C24H24N6O. The topological polar surface area (TPSA) is 77.2 Å². The van der Waals surface area contributed by atoms with E-state index in [0.29, 0.717) is 18.1 Å². The van der Waals surface area contributed by atoms with Gasteiger partial charge >= 0.3 is 0 Å². The van der Waals surface area contributed by atoms with Crippen LogP contribution in [-0.2, 0) is 11.2 Å². The maximum atomic E-state index is 12.5. The van der Waals surface area contributed by atoms with Crippen molar-refractivity contribution in [2.75, 3.05) is 41.3 Å². The van der Waals surface area contributed by atoms with Crippen LogP contribution in [0.15, 0.2) is 73.2 Å². The molecule has 31 heavy (non-hydrogen) atoms. The number of rotatable bonds is 5. The Labute approximate surface area is 180 Å². The number of hydrogen-bond acceptors (Lipinski definition) is 5. The first kappa shape index (κ1) is 19.1. The van der Waals surface area contributed by atoms with Crippen LogP contribution in [0, 0.1) is 0 Å². The Morgan fingerprint density at radius 3 is 2.35 bits per heavy atom. The molecule has 0 unspecified atom stereocenters. The molecule has 7 nitrogen and oxygen atoms in total. The van der Waals surface area contributed by atoms with E-state index >= 15 is 0 Å². The lowest BCUT2D eigenvalue weighted by Gasteiger charge is -2.36. The van der Waals surface area contributed by atoms with Crippen molar-refractivity contribution in [1.29, 1.82) is 0 Å². The van der Waals surface area contributed by atoms with E-state index in [1.54, 1.807) is 12.4 Å². The zero-order valence-corrected chi connectivity index (χ0v) is 17.2. The third-order valence-electron chi connectivity index (χ3n) is 5.63. The average molecular weight is 412 g/mol. The molecular weight excluding hydrogens is 388 g/mol. The quantitative estimate of drug-likeness (QED) is 0.525. The fourth-order valence-corrected chi connectivity index (χ4v) is 4.01. The number of fused-ring (bicyclic) bond motifs is 1. The molecule has 7 heteroatoms. The number of H-pyrrole nitrogens is 1. The number of carbonyl (C=O) groups excluding carboxylic acids is 1. The molecule has 3 heterocycles. The number of piperazine rings is 1. The van der Waals surface area contributed by atoms with E-state index in [1.807, 2.05) is 36.5 Å². The number of benzene rings is 2. The van der Waals surface area contributed by atoms with Gasteiger partial charge in [0.1, 0.15) is 0 Å². The minimum Gasteiger partial charge on any atom is -0.368 e. The van der Waals surface area contributed by atoms with E-state index in [2.05, 4.69) is 54.3 Å². The summed E-state index contributed by atoms with van der Waals surface area (Å²) in [4.78, 5) is 29.2. The summed E-state index contributed by atoms with van der Waals surface area (Å²) in [6.07, 6.45) is 5.55. The van der Waals surface area contributed by atoms with Crippen molar-refractivity contribution >= 4 is 34.1 Å². The Balaban J connectivity index is 1.17. The Hall–Kier alpha value is -3.87. The highest BCUT2D eigenvalue weighted by Gasteiger charge is 2.19. The van der Waals surface area contributed by atoms with Gasteiger partial charge < -0.3 is 20.1 Å². The molecule has 2 N–H and O–H groups in total. The molecule has 0 bridgehead atoms. The predicted molar refractivity (Wildman–Crippen MR) is 124 cm³/mol. The number of aromatic nitrogens is 3. The lowest BCUT2D eigenvalue weighted by molar-refractivity contribution is -0.115. The Morgan fingerprint density at radius 2 is 1.58 bits per heavy atom. The van der Waals surface area contributed by atoms with Crippen molar-refractivity contribution in [3.05, 3.63) is 78.8 Å². The van der Waals surface area contributed by atoms with Gasteiger partial charge in [-0.05, 0) is 23.8 Å². The zero-order valence-electron chi connectivity index (χ0n) is 17.2. The zero-order chi connectivity index (χ0) is 21.0. The Morgan fingerprint density at radius 1 is 0.903 bits per heavy atom. The highest BCUT2D eigenvalue weighted by atomic mass is 16.1. The summed E-state index contributed by atoms with van der Waals surface area (Å²) in [6, 6.07) is 18.4. The number of nitrogens with zero attached hydrogens (tertiary/aromatic N) is 4. The minimum absolute atomic E-state index is 0.0856. The molecule has 2 aromatic heterocycles. The van der Waals surface area contributed by atoms with Gasteiger partial charge in [-0.3, -0.25) is 4.79 Å². The second kappa shape index (κ2) is 8.47. The van der Waals surface area contributed by atoms with Gasteiger partial charge in [0.15, 0.2) is 0 Å². The van der Waals surface area contributed by atoms with Gasteiger partial charge in [-0.1, -0.05) is 36.4 Å². The number of anilines is 3. The number of aromatic amines is 1. The number of amides is 1. The van der Waals surface area contributed by atoms with Crippen LogP contribution < -0.4 is 15.1 Å². The van der Waals surface area contributed by atoms with Crippen LogP contribution >= 0.6 is 0 Å². The maximum Gasteiger partial charge on any atom is 0.228 e. The van der Waals surface area contributed by atoms with Crippen LogP contribution in [0.25, 0.3) is 10.9 Å². The first-order valence-electron chi connectivity index (χ1n) is 10.5. The fraction of sp³-hybridized carbons (Fsp3) is 0.208. The smallest absolute Gasteiger partial charge is 0.228 e. The second-order valence-corrected chi connectivity index (χ2v) is 7.67.